The molecule has 0 bridgehead atoms. The van der Waals surface area contributed by atoms with Crippen molar-refractivity contribution in [1.82, 2.24) is 0 Å². The van der Waals surface area contributed by atoms with Gasteiger partial charge in [0.1, 0.15) is 5.75 Å². The predicted octanol–water partition coefficient (Wildman–Crippen LogP) is 3.91. The van der Waals surface area contributed by atoms with Crippen molar-refractivity contribution in [2.24, 2.45) is 5.92 Å². The summed E-state index contributed by atoms with van der Waals surface area (Å²) in [6, 6.07) is 6.80. The number of nitrogens with zero attached hydrogens (tertiary/aromatic N) is 1. The van der Waals surface area contributed by atoms with Crippen LogP contribution >= 0.6 is 0 Å². The van der Waals surface area contributed by atoms with Gasteiger partial charge < -0.3 is 14.7 Å². The number of aliphatic hydroxyl groups excluding tert-OH is 1. The van der Waals surface area contributed by atoms with Crippen molar-refractivity contribution in [3.05, 3.63) is 23.8 Å². The van der Waals surface area contributed by atoms with E-state index in [0.717, 1.165) is 23.8 Å². The monoisotopic (exact) mass is 289 g/mol. The molecule has 21 heavy (non-hydrogen) atoms. The molecule has 1 aliphatic carbocycles. The summed E-state index contributed by atoms with van der Waals surface area (Å²) in [6.45, 7) is 2.94. The van der Waals surface area contributed by atoms with Crippen LogP contribution in [0.5, 0.6) is 5.75 Å². The summed E-state index contributed by atoms with van der Waals surface area (Å²) in [5.74, 6) is 1.64. The minimum absolute atomic E-state index is 0.499. The van der Waals surface area contributed by atoms with Crippen LogP contribution in [-0.4, -0.2) is 24.8 Å². The van der Waals surface area contributed by atoms with Crippen LogP contribution in [-0.2, 0) is 0 Å². The molecule has 1 aromatic rings. The number of aliphatic hydroxyl groups is 1. The molecule has 1 unspecified atom stereocenters. The number of benzene rings is 1. The van der Waals surface area contributed by atoms with Crippen molar-refractivity contribution < 1.29 is 9.84 Å². The Labute approximate surface area is 127 Å². The van der Waals surface area contributed by atoms with E-state index in [4.69, 9.17) is 4.74 Å². The highest BCUT2D eigenvalue weighted by Crippen LogP contribution is 2.42. The van der Waals surface area contributed by atoms with Gasteiger partial charge in [0, 0.05) is 23.8 Å². The molecule has 0 amide bonds. The van der Waals surface area contributed by atoms with Crippen LogP contribution in [0.1, 0.15) is 57.1 Å². The molecular formula is C18H27NO2. The summed E-state index contributed by atoms with van der Waals surface area (Å²) < 4.78 is 5.48. The Balaban J connectivity index is 1.94. The van der Waals surface area contributed by atoms with Gasteiger partial charge in [-0.2, -0.15) is 0 Å². The van der Waals surface area contributed by atoms with Gasteiger partial charge in [-0.3, -0.25) is 0 Å². The Hall–Kier alpha value is -1.22. The fourth-order valence-corrected chi connectivity index (χ4v) is 4.30. The summed E-state index contributed by atoms with van der Waals surface area (Å²) in [6.07, 6.45) is 7.57. The zero-order valence-electron chi connectivity index (χ0n) is 13.2. The maximum absolute atomic E-state index is 10.2. The maximum Gasteiger partial charge on any atom is 0.126 e. The average molecular weight is 289 g/mol. The van der Waals surface area contributed by atoms with Gasteiger partial charge in [-0.25, -0.2) is 0 Å². The highest BCUT2D eigenvalue weighted by molar-refractivity contribution is 5.61. The van der Waals surface area contributed by atoms with Crippen LogP contribution in [0.15, 0.2) is 18.2 Å². The zero-order valence-corrected chi connectivity index (χ0v) is 13.2. The van der Waals surface area contributed by atoms with Crippen LogP contribution in [0.2, 0.25) is 0 Å². The van der Waals surface area contributed by atoms with Crippen molar-refractivity contribution in [1.29, 1.82) is 0 Å². The SMILES string of the molecule is COc1cccc(N2CCCC2C2CCCC2)c1[C@H](C)O. The lowest BCUT2D eigenvalue weighted by Gasteiger charge is -2.33. The second-order valence-corrected chi connectivity index (χ2v) is 6.52. The lowest BCUT2D eigenvalue weighted by molar-refractivity contribution is 0.194. The smallest absolute Gasteiger partial charge is 0.126 e. The Bertz CT molecular complexity index is 480. The molecule has 0 radical (unpaired) electrons. The maximum atomic E-state index is 10.2. The van der Waals surface area contributed by atoms with Crippen molar-refractivity contribution in [2.75, 3.05) is 18.6 Å². The molecule has 3 rings (SSSR count). The van der Waals surface area contributed by atoms with E-state index in [0.29, 0.717) is 6.04 Å². The molecule has 3 heteroatoms. The second kappa shape index (κ2) is 6.27. The number of rotatable bonds is 4. The quantitative estimate of drug-likeness (QED) is 0.912. The van der Waals surface area contributed by atoms with Crippen LogP contribution in [0.4, 0.5) is 5.69 Å². The molecule has 1 saturated carbocycles. The molecule has 2 fully saturated rings. The lowest BCUT2D eigenvalue weighted by Crippen LogP contribution is -2.35. The molecule has 0 spiro atoms. The van der Waals surface area contributed by atoms with Gasteiger partial charge in [0.2, 0.25) is 0 Å². The molecule has 1 aromatic carbocycles. The van der Waals surface area contributed by atoms with E-state index in [1.54, 1.807) is 7.11 Å². The van der Waals surface area contributed by atoms with Crippen LogP contribution < -0.4 is 9.64 Å². The third kappa shape index (κ3) is 2.76. The van der Waals surface area contributed by atoms with Gasteiger partial charge in [-0.15, -0.1) is 0 Å². The van der Waals surface area contributed by atoms with E-state index in [2.05, 4.69) is 11.0 Å². The molecule has 2 aliphatic rings. The molecule has 1 N–H and O–H groups in total. The van der Waals surface area contributed by atoms with Crippen molar-refractivity contribution in [3.63, 3.8) is 0 Å². The summed E-state index contributed by atoms with van der Waals surface area (Å²) in [4.78, 5) is 2.54. The standard InChI is InChI=1S/C18H27NO2/c1-13(20)18-16(9-5-11-17(18)21-2)19-12-6-10-15(19)14-7-3-4-8-14/h5,9,11,13-15,20H,3-4,6-8,10,12H2,1-2H3/t13-,15?/m0/s1. The van der Waals surface area contributed by atoms with Gasteiger partial charge in [0.15, 0.2) is 0 Å². The molecule has 3 nitrogen and oxygen atoms in total. The minimum Gasteiger partial charge on any atom is -0.496 e. The van der Waals surface area contributed by atoms with E-state index >= 15 is 0 Å². The third-order valence-electron chi connectivity index (χ3n) is 5.23. The number of hydrogen-bond acceptors (Lipinski definition) is 3. The predicted molar refractivity (Wildman–Crippen MR) is 86.0 cm³/mol. The Morgan fingerprint density at radius 1 is 1.19 bits per heavy atom. The molecular weight excluding hydrogens is 262 g/mol. The first-order valence-electron chi connectivity index (χ1n) is 8.34. The summed E-state index contributed by atoms with van der Waals surface area (Å²) in [5, 5.41) is 10.2. The van der Waals surface area contributed by atoms with Crippen LogP contribution in [0.25, 0.3) is 0 Å². The van der Waals surface area contributed by atoms with Crippen molar-refractivity contribution in [3.8, 4) is 5.75 Å². The first kappa shape index (κ1) is 14.7. The van der Waals surface area contributed by atoms with E-state index in [-0.39, 0.29) is 0 Å². The Morgan fingerprint density at radius 2 is 1.95 bits per heavy atom. The van der Waals surface area contributed by atoms with E-state index in [1.807, 2.05) is 19.1 Å². The molecule has 1 saturated heterocycles. The van der Waals surface area contributed by atoms with E-state index < -0.39 is 6.10 Å². The van der Waals surface area contributed by atoms with Crippen LogP contribution in [0.3, 0.4) is 0 Å². The normalized spacial score (nSPS) is 24.5. The molecule has 2 atom stereocenters. The summed E-state index contributed by atoms with van der Waals surface area (Å²) >= 11 is 0. The number of hydrogen-bond donors (Lipinski definition) is 1. The molecule has 0 aromatic heterocycles. The van der Waals surface area contributed by atoms with Crippen LogP contribution in [0, 0.1) is 5.92 Å². The highest BCUT2D eigenvalue weighted by Gasteiger charge is 2.35. The van der Waals surface area contributed by atoms with Gasteiger partial charge >= 0.3 is 0 Å². The van der Waals surface area contributed by atoms with Gasteiger partial charge in [-0.05, 0) is 50.7 Å². The lowest BCUT2D eigenvalue weighted by atomic mass is 9.95. The molecule has 1 heterocycles. The summed E-state index contributed by atoms with van der Waals surface area (Å²) in [5.41, 5.74) is 2.13. The zero-order chi connectivity index (χ0) is 14.8. The molecule has 116 valence electrons. The van der Waals surface area contributed by atoms with Gasteiger partial charge in [0.25, 0.3) is 0 Å². The highest BCUT2D eigenvalue weighted by atomic mass is 16.5. The Kier molecular flexibility index (Phi) is 4.39. The fraction of sp³-hybridized carbons (Fsp3) is 0.667. The van der Waals surface area contributed by atoms with Gasteiger partial charge in [0.05, 0.1) is 13.2 Å². The second-order valence-electron chi connectivity index (χ2n) is 6.52. The number of ether oxygens (including phenoxy) is 1. The number of anilines is 1. The molecule has 1 aliphatic heterocycles. The third-order valence-corrected chi connectivity index (χ3v) is 5.23. The summed E-state index contributed by atoms with van der Waals surface area (Å²) in [7, 11) is 1.68. The average Bonchev–Trinajstić information content (AvgIpc) is 3.16. The first-order chi connectivity index (χ1) is 10.2. The fourth-order valence-electron chi connectivity index (χ4n) is 4.30. The topological polar surface area (TPSA) is 32.7 Å². The number of methoxy groups -OCH3 is 1. The van der Waals surface area contributed by atoms with E-state index in [9.17, 15) is 5.11 Å². The first-order valence-corrected chi connectivity index (χ1v) is 8.34. The van der Waals surface area contributed by atoms with Gasteiger partial charge in [-0.1, -0.05) is 18.9 Å². The minimum atomic E-state index is -0.499. The largest absolute Gasteiger partial charge is 0.496 e. The van der Waals surface area contributed by atoms with Crippen molar-refractivity contribution >= 4 is 5.69 Å². The van der Waals surface area contributed by atoms with Crippen molar-refractivity contribution in [2.45, 2.75) is 57.6 Å². The van der Waals surface area contributed by atoms with E-state index in [1.165, 1.54) is 44.2 Å². The Morgan fingerprint density at radius 3 is 2.62 bits per heavy atom.